The van der Waals surface area contributed by atoms with Crippen LogP contribution in [0.1, 0.15) is 25.5 Å². The number of hydrogen-bond donors (Lipinski definition) is 1. The number of nitrogens with two attached hydrogens (primary N) is 1. The quantitative estimate of drug-likeness (QED) is 0.759. The topological polar surface area (TPSA) is 73.4 Å². The largest absolute Gasteiger partial charge is 0.316 e. The van der Waals surface area contributed by atoms with E-state index < -0.39 is 6.04 Å². The Balaban J connectivity index is 2.73. The SMILES string of the molecule is CON(CC(C)C)C(=O)C(N)c1cnn(C)c1. The first-order chi connectivity index (χ1) is 7.95. The number of aromatic nitrogens is 2. The monoisotopic (exact) mass is 240 g/mol. The minimum atomic E-state index is -0.734. The highest BCUT2D eigenvalue weighted by molar-refractivity contribution is 5.82. The number of nitrogens with zero attached hydrogens (tertiary/aromatic N) is 3. The lowest BCUT2D eigenvalue weighted by Crippen LogP contribution is -2.39. The van der Waals surface area contributed by atoms with Gasteiger partial charge in [0.05, 0.1) is 19.9 Å². The van der Waals surface area contributed by atoms with Gasteiger partial charge in [0.1, 0.15) is 6.04 Å². The molecule has 17 heavy (non-hydrogen) atoms. The summed E-state index contributed by atoms with van der Waals surface area (Å²) in [6.45, 7) is 4.53. The molecular weight excluding hydrogens is 220 g/mol. The van der Waals surface area contributed by atoms with Gasteiger partial charge in [0, 0.05) is 18.8 Å². The Bertz CT molecular complexity index is 375. The number of carbonyl (C=O) groups excluding carboxylic acids is 1. The Hall–Kier alpha value is -1.40. The molecule has 6 nitrogen and oxygen atoms in total. The van der Waals surface area contributed by atoms with Crippen LogP contribution in [0.25, 0.3) is 0 Å². The number of hydrogen-bond acceptors (Lipinski definition) is 4. The van der Waals surface area contributed by atoms with E-state index >= 15 is 0 Å². The summed E-state index contributed by atoms with van der Waals surface area (Å²) in [5.74, 6) is 0.0641. The van der Waals surface area contributed by atoms with Crippen molar-refractivity contribution in [2.24, 2.45) is 18.7 Å². The number of amides is 1. The van der Waals surface area contributed by atoms with Crippen molar-refractivity contribution < 1.29 is 9.63 Å². The molecule has 0 aromatic carbocycles. The fourth-order valence-corrected chi connectivity index (χ4v) is 1.48. The van der Waals surface area contributed by atoms with Gasteiger partial charge < -0.3 is 5.73 Å². The Morgan fingerprint density at radius 2 is 2.29 bits per heavy atom. The Kier molecular flexibility index (Phi) is 4.65. The van der Waals surface area contributed by atoms with Gasteiger partial charge in [-0.1, -0.05) is 13.8 Å². The van der Waals surface area contributed by atoms with Gasteiger partial charge in [0.25, 0.3) is 5.91 Å². The molecule has 0 spiro atoms. The molecule has 1 amide bonds. The molecule has 0 radical (unpaired) electrons. The molecule has 1 unspecified atom stereocenters. The van der Waals surface area contributed by atoms with Crippen LogP contribution in [0.5, 0.6) is 0 Å². The number of carbonyl (C=O) groups is 1. The van der Waals surface area contributed by atoms with Crippen molar-refractivity contribution in [3.8, 4) is 0 Å². The van der Waals surface area contributed by atoms with E-state index in [0.29, 0.717) is 18.0 Å². The van der Waals surface area contributed by atoms with Crippen molar-refractivity contribution in [1.29, 1.82) is 0 Å². The third-order valence-corrected chi connectivity index (χ3v) is 2.35. The third kappa shape index (κ3) is 3.54. The van der Waals surface area contributed by atoms with Gasteiger partial charge in [-0.05, 0) is 5.92 Å². The van der Waals surface area contributed by atoms with Crippen molar-refractivity contribution in [3.05, 3.63) is 18.0 Å². The zero-order valence-electron chi connectivity index (χ0n) is 10.8. The molecule has 1 atom stereocenters. The maximum absolute atomic E-state index is 12.1. The fourth-order valence-electron chi connectivity index (χ4n) is 1.48. The molecule has 2 N–H and O–H groups in total. The highest BCUT2D eigenvalue weighted by Gasteiger charge is 2.24. The summed E-state index contributed by atoms with van der Waals surface area (Å²) in [6.07, 6.45) is 3.32. The van der Waals surface area contributed by atoms with Gasteiger partial charge >= 0.3 is 0 Å². The summed E-state index contributed by atoms with van der Waals surface area (Å²) in [4.78, 5) is 17.1. The van der Waals surface area contributed by atoms with Crippen LogP contribution in [0.3, 0.4) is 0 Å². The first-order valence-electron chi connectivity index (χ1n) is 5.55. The summed E-state index contributed by atoms with van der Waals surface area (Å²) < 4.78 is 1.61. The molecule has 0 aliphatic carbocycles. The summed E-state index contributed by atoms with van der Waals surface area (Å²) in [7, 11) is 3.25. The molecule has 0 saturated carbocycles. The summed E-state index contributed by atoms with van der Waals surface area (Å²) in [6, 6.07) is -0.734. The average molecular weight is 240 g/mol. The summed E-state index contributed by atoms with van der Waals surface area (Å²) in [5, 5.41) is 5.29. The predicted octanol–water partition coefficient (Wildman–Crippen LogP) is 0.466. The first kappa shape index (κ1) is 13.7. The molecule has 1 heterocycles. The number of hydroxylamine groups is 2. The first-order valence-corrected chi connectivity index (χ1v) is 5.55. The zero-order valence-corrected chi connectivity index (χ0v) is 10.8. The van der Waals surface area contributed by atoms with E-state index in [9.17, 15) is 4.79 Å². The van der Waals surface area contributed by atoms with Crippen molar-refractivity contribution in [3.63, 3.8) is 0 Å². The van der Waals surface area contributed by atoms with Crippen LogP contribution < -0.4 is 5.73 Å². The second kappa shape index (κ2) is 5.79. The molecule has 0 saturated heterocycles. The van der Waals surface area contributed by atoms with Crippen LogP contribution in [0.2, 0.25) is 0 Å². The van der Waals surface area contributed by atoms with Crippen LogP contribution in [0.15, 0.2) is 12.4 Å². The van der Waals surface area contributed by atoms with E-state index in [1.165, 1.54) is 12.2 Å². The number of rotatable bonds is 5. The molecule has 1 rings (SSSR count). The maximum Gasteiger partial charge on any atom is 0.267 e. The minimum absolute atomic E-state index is 0.255. The molecule has 0 bridgehead atoms. The zero-order chi connectivity index (χ0) is 13.0. The predicted molar refractivity (Wildman–Crippen MR) is 63.7 cm³/mol. The van der Waals surface area contributed by atoms with E-state index in [-0.39, 0.29) is 5.91 Å². The maximum atomic E-state index is 12.1. The van der Waals surface area contributed by atoms with Crippen LogP contribution in [0, 0.1) is 5.92 Å². The Morgan fingerprint density at radius 3 is 2.71 bits per heavy atom. The summed E-state index contributed by atoms with van der Waals surface area (Å²) >= 11 is 0. The number of aryl methyl sites for hydroxylation is 1. The van der Waals surface area contributed by atoms with E-state index in [1.54, 1.807) is 24.1 Å². The van der Waals surface area contributed by atoms with Gasteiger partial charge in [-0.25, -0.2) is 5.06 Å². The molecule has 0 aliphatic rings. The molecule has 6 heteroatoms. The smallest absolute Gasteiger partial charge is 0.267 e. The van der Waals surface area contributed by atoms with Gasteiger partial charge in [-0.3, -0.25) is 14.3 Å². The molecule has 1 aromatic rings. The Morgan fingerprint density at radius 1 is 1.65 bits per heavy atom. The fraction of sp³-hybridized carbons (Fsp3) is 0.636. The van der Waals surface area contributed by atoms with E-state index in [4.69, 9.17) is 10.6 Å². The van der Waals surface area contributed by atoms with Crippen molar-refractivity contribution in [2.75, 3.05) is 13.7 Å². The molecule has 96 valence electrons. The standard InChI is InChI=1S/C11H20N4O2/c1-8(2)6-15(17-4)11(16)10(12)9-5-13-14(3)7-9/h5,7-8,10H,6,12H2,1-4H3. The van der Waals surface area contributed by atoms with Gasteiger partial charge in [-0.15, -0.1) is 0 Å². The van der Waals surface area contributed by atoms with Crippen LogP contribution in [0.4, 0.5) is 0 Å². The highest BCUT2D eigenvalue weighted by atomic mass is 16.7. The Labute approximate surface area is 101 Å². The second-order valence-corrected chi connectivity index (χ2v) is 4.40. The van der Waals surface area contributed by atoms with E-state index in [0.717, 1.165) is 0 Å². The lowest BCUT2D eigenvalue weighted by atomic mass is 10.1. The van der Waals surface area contributed by atoms with Gasteiger partial charge in [-0.2, -0.15) is 5.10 Å². The minimum Gasteiger partial charge on any atom is -0.316 e. The van der Waals surface area contributed by atoms with Crippen LogP contribution >= 0.6 is 0 Å². The highest BCUT2D eigenvalue weighted by Crippen LogP contribution is 2.13. The van der Waals surface area contributed by atoms with Crippen LogP contribution in [-0.2, 0) is 16.7 Å². The van der Waals surface area contributed by atoms with Gasteiger partial charge in [0.15, 0.2) is 0 Å². The van der Waals surface area contributed by atoms with Crippen LogP contribution in [-0.4, -0.2) is 34.4 Å². The molecule has 1 aromatic heterocycles. The summed E-state index contributed by atoms with van der Waals surface area (Å²) in [5.41, 5.74) is 6.56. The second-order valence-electron chi connectivity index (χ2n) is 4.40. The lowest BCUT2D eigenvalue weighted by molar-refractivity contribution is -0.180. The van der Waals surface area contributed by atoms with Crippen molar-refractivity contribution in [1.82, 2.24) is 14.8 Å². The van der Waals surface area contributed by atoms with Gasteiger partial charge in [0.2, 0.25) is 0 Å². The average Bonchev–Trinajstić information content (AvgIpc) is 2.70. The van der Waals surface area contributed by atoms with Crippen molar-refractivity contribution >= 4 is 5.91 Å². The van der Waals surface area contributed by atoms with E-state index in [1.807, 2.05) is 13.8 Å². The third-order valence-electron chi connectivity index (χ3n) is 2.35. The molecule has 0 aliphatic heterocycles. The van der Waals surface area contributed by atoms with Crippen molar-refractivity contribution in [2.45, 2.75) is 19.9 Å². The van der Waals surface area contributed by atoms with E-state index in [2.05, 4.69) is 5.10 Å². The normalized spacial score (nSPS) is 12.8. The molecule has 0 fully saturated rings. The lowest BCUT2D eigenvalue weighted by Gasteiger charge is -2.24. The molecular formula is C11H20N4O2.